The van der Waals surface area contributed by atoms with Crippen LogP contribution in [-0.4, -0.2) is 24.5 Å². The Morgan fingerprint density at radius 3 is 2.95 bits per heavy atom. The number of ether oxygens (including phenoxy) is 2. The van der Waals surface area contributed by atoms with Gasteiger partial charge in [0.25, 0.3) is 0 Å². The van der Waals surface area contributed by atoms with E-state index < -0.39 is 0 Å². The lowest BCUT2D eigenvalue weighted by Gasteiger charge is -2.10. The second-order valence-corrected chi connectivity index (χ2v) is 5.49. The van der Waals surface area contributed by atoms with E-state index in [1.807, 2.05) is 6.07 Å². The molecule has 0 aliphatic carbocycles. The number of aromatic nitrogens is 1. The second kappa shape index (κ2) is 5.19. The fourth-order valence-electron chi connectivity index (χ4n) is 1.83. The summed E-state index contributed by atoms with van der Waals surface area (Å²) < 4.78 is 11.2. The number of nitrogens with zero attached hydrogens (tertiary/aromatic N) is 1. The molecule has 19 heavy (non-hydrogen) atoms. The second-order valence-electron chi connectivity index (χ2n) is 4.02. The monoisotopic (exact) mass is 295 g/mol. The molecule has 0 bridgehead atoms. The van der Waals surface area contributed by atoms with Crippen molar-refractivity contribution < 1.29 is 14.3 Å². The first-order valence-electron chi connectivity index (χ1n) is 5.78. The van der Waals surface area contributed by atoms with Gasteiger partial charge in [-0.1, -0.05) is 11.6 Å². The summed E-state index contributed by atoms with van der Waals surface area (Å²) in [6.45, 7) is 1.20. The maximum absolute atomic E-state index is 10.7. The molecule has 0 radical (unpaired) electrons. The molecule has 0 fully saturated rings. The number of benzene rings is 1. The van der Waals surface area contributed by atoms with Crippen molar-refractivity contribution >= 4 is 29.2 Å². The molecule has 1 aromatic heterocycles. The van der Waals surface area contributed by atoms with E-state index in [2.05, 4.69) is 4.98 Å². The molecule has 0 amide bonds. The molecular weight excluding hydrogens is 286 g/mol. The molecule has 3 rings (SSSR count). The average Bonchev–Trinajstić information content (AvgIpc) is 2.77. The third-order valence-corrected chi connectivity index (χ3v) is 3.94. The van der Waals surface area contributed by atoms with Crippen LogP contribution in [0.25, 0.3) is 10.6 Å². The van der Waals surface area contributed by atoms with Crippen LogP contribution in [0.2, 0.25) is 5.02 Å². The number of fused-ring (bicyclic) bond motifs is 1. The zero-order chi connectivity index (χ0) is 13.2. The minimum Gasteiger partial charge on any atom is -0.489 e. The third-order valence-electron chi connectivity index (χ3n) is 2.69. The number of thiazole rings is 1. The Morgan fingerprint density at radius 1 is 1.32 bits per heavy atom. The molecule has 0 unspecified atom stereocenters. The van der Waals surface area contributed by atoms with Crippen molar-refractivity contribution in [3.05, 3.63) is 28.2 Å². The van der Waals surface area contributed by atoms with Gasteiger partial charge in [0.15, 0.2) is 17.8 Å². The van der Waals surface area contributed by atoms with Gasteiger partial charge in [0, 0.05) is 18.2 Å². The summed E-state index contributed by atoms with van der Waals surface area (Å²) in [5.74, 6) is 1.21. The maximum Gasteiger partial charge on any atom is 0.179 e. The van der Waals surface area contributed by atoms with Crippen LogP contribution in [0.15, 0.2) is 18.3 Å². The fourth-order valence-corrected chi connectivity index (χ4v) is 2.81. The number of hydrogen-bond donors (Lipinski definition) is 0. The van der Waals surface area contributed by atoms with E-state index >= 15 is 0 Å². The van der Waals surface area contributed by atoms with Gasteiger partial charge >= 0.3 is 0 Å². The Morgan fingerprint density at radius 2 is 2.16 bits per heavy atom. The van der Waals surface area contributed by atoms with Crippen molar-refractivity contribution in [1.82, 2.24) is 4.98 Å². The van der Waals surface area contributed by atoms with Crippen LogP contribution in [0.1, 0.15) is 16.1 Å². The molecular formula is C13H10ClNO3S. The van der Waals surface area contributed by atoms with Crippen LogP contribution in [-0.2, 0) is 0 Å². The quantitative estimate of drug-likeness (QED) is 0.796. The topological polar surface area (TPSA) is 48.4 Å². The van der Waals surface area contributed by atoms with Gasteiger partial charge in [0.1, 0.15) is 5.01 Å². The van der Waals surface area contributed by atoms with Crippen molar-refractivity contribution in [1.29, 1.82) is 0 Å². The SMILES string of the molecule is O=Cc1cnc(-c2cc(Cl)c3c(c2)OCCCO3)s1. The van der Waals surface area contributed by atoms with Gasteiger partial charge in [0.05, 0.1) is 23.1 Å². The van der Waals surface area contributed by atoms with Gasteiger partial charge in [-0.2, -0.15) is 0 Å². The smallest absolute Gasteiger partial charge is 0.179 e. The van der Waals surface area contributed by atoms with Crippen molar-refractivity contribution in [3.63, 3.8) is 0 Å². The summed E-state index contributed by atoms with van der Waals surface area (Å²) in [6.07, 6.45) is 3.16. The zero-order valence-electron chi connectivity index (χ0n) is 9.89. The van der Waals surface area contributed by atoms with E-state index in [1.54, 1.807) is 12.3 Å². The minimum atomic E-state index is 0.497. The normalized spacial score (nSPS) is 13.9. The molecule has 6 heteroatoms. The first-order chi connectivity index (χ1) is 9.28. The molecule has 1 aliphatic rings. The van der Waals surface area contributed by atoms with E-state index in [9.17, 15) is 4.79 Å². The van der Waals surface area contributed by atoms with Gasteiger partial charge in [-0.25, -0.2) is 4.98 Å². The average molecular weight is 296 g/mol. The van der Waals surface area contributed by atoms with Gasteiger partial charge < -0.3 is 9.47 Å². The number of aldehydes is 1. The van der Waals surface area contributed by atoms with E-state index in [0.29, 0.717) is 34.6 Å². The minimum absolute atomic E-state index is 0.497. The highest BCUT2D eigenvalue weighted by Crippen LogP contribution is 2.41. The molecule has 1 aliphatic heterocycles. The molecule has 98 valence electrons. The molecule has 1 aromatic carbocycles. The van der Waals surface area contributed by atoms with E-state index in [1.165, 1.54) is 11.3 Å². The molecule has 0 atom stereocenters. The first-order valence-corrected chi connectivity index (χ1v) is 6.98. The van der Waals surface area contributed by atoms with E-state index in [-0.39, 0.29) is 0 Å². The predicted octanol–water partition coefficient (Wildman–Crippen LogP) is 3.44. The lowest BCUT2D eigenvalue weighted by molar-refractivity contribution is 0.112. The molecule has 4 nitrogen and oxygen atoms in total. The van der Waals surface area contributed by atoms with E-state index in [0.717, 1.165) is 23.3 Å². The highest BCUT2D eigenvalue weighted by atomic mass is 35.5. The van der Waals surface area contributed by atoms with Gasteiger partial charge in [-0.05, 0) is 12.1 Å². The van der Waals surface area contributed by atoms with Gasteiger partial charge in [0.2, 0.25) is 0 Å². The van der Waals surface area contributed by atoms with Crippen molar-refractivity contribution in [2.75, 3.05) is 13.2 Å². The van der Waals surface area contributed by atoms with Crippen LogP contribution in [0.4, 0.5) is 0 Å². The summed E-state index contributed by atoms with van der Waals surface area (Å²) >= 11 is 7.53. The molecule has 0 N–H and O–H groups in total. The van der Waals surface area contributed by atoms with Crippen LogP contribution in [0.3, 0.4) is 0 Å². The Bertz CT molecular complexity index is 626. The van der Waals surface area contributed by atoms with Gasteiger partial charge in [-0.3, -0.25) is 4.79 Å². The number of hydrogen-bond acceptors (Lipinski definition) is 5. The first kappa shape index (κ1) is 12.4. The summed E-state index contributed by atoms with van der Waals surface area (Å²) in [6, 6.07) is 3.63. The third kappa shape index (κ3) is 2.43. The lowest BCUT2D eigenvalue weighted by Crippen LogP contribution is -1.97. The van der Waals surface area contributed by atoms with Crippen molar-refractivity contribution in [2.24, 2.45) is 0 Å². The standard InChI is InChI=1S/C13H10ClNO3S/c14-10-4-8(13-15-6-9(7-16)19-13)5-11-12(10)18-3-1-2-17-11/h4-7H,1-3H2. The lowest BCUT2D eigenvalue weighted by atomic mass is 10.2. The summed E-state index contributed by atoms with van der Waals surface area (Å²) in [5.41, 5.74) is 0.826. The number of halogens is 1. The van der Waals surface area contributed by atoms with Crippen LogP contribution in [0, 0.1) is 0 Å². The highest BCUT2D eigenvalue weighted by Gasteiger charge is 2.17. The van der Waals surface area contributed by atoms with Crippen LogP contribution < -0.4 is 9.47 Å². The van der Waals surface area contributed by atoms with Crippen molar-refractivity contribution in [3.8, 4) is 22.1 Å². The Balaban J connectivity index is 2.05. The van der Waals surface area contributed by atoms with Crippen LogP contribution >= 0.6 is 22.9 Å². The van der Waals surface area contributed by atoms with Crippen LogP contribution in [0.5, 0.6) is 11.5 Å². The van der Waals surface area contributed by atoms with Crippen molar-refractivity contribution in [2.45, 2.75) is 6.42 Å². The number of carbonyl (C=O) groups is 1. The highest BCUT2D eigenvalue weighted by molar-refractivity contribution is 7.16. The molecule has 0 saturated heterocycles. The predicted molar refractivity (Wildman–Crippen MR) is 73.6 cm³/mol. The number of rotatable bonds is 2. The molecule has 2 heterocycles. The Hall–Kier alpha value is -1.59. The Labute approximate surface area is 118 Å². The largest absolute Gasteiger partial charge is 0.489 e. The van der Waals surface area contributed by atoms with E-state index in [4.69, 9.17) is 21.1 Å². The Kier molecular flexibility index (Phi) is 3.40. The summed E-state index contributed by atoms with van der Waals surface area (Å²) in [4.78, 5) is 15.5. The van der Waals surface area contributed by atoms with Gasteiger partial charge in [-0.15, -0.1) is 11.3 Å². The summed E-state index contributed by atoms with van der Waals surface area (Å²) in [7, 11) is 0. The molecule has 2 aromatic rings. The zero-order valence-corrected chi connectivity index (χ0v) is 11.5. The molecule has 0 spiro atoms. The molecule has 0 saturated carbocycles. The summed E-state index contributed by atoms with van der Waals surface area (Å²) in [5, 5.41) is 1.23. The number of carbonyl (C=O) groups excluding carboxylic acids is 1. The maximum atomic E-state index is 10.7. The fraction of sp³-hybridized carbons (Fsp3) is 0.231.